The van der Waals surface area contributed by atoms with E-state index in [1.165, 1.54) is 5.56 Å². The summed E-state index contributed by atoms with van der Waals surface area (Å²) in [5.41, 5.74) is 9.53. The van der Waals surface area contributed by atoms with Gasteiger partial charge in [0.25, 0.3) is 5.91 Å². The van der Waals surface area contributed by atoms with E-state index in [2.05, 4.69) is 37.9 Å². The summed E-state index contributed by atoms with van der Waals surface area (Å²) in [6, 6.07) is 26.6. The van der Waals surface area contributed by atoms with Crippen LogP contribution in [-0.4, -0.2) is 10.9 Å². The average Bonchev–Trinajstić information content (AvgIpc) is 2.83. The Labute approximate surface area is 211 Å². The van der Waals surface area contributed by atoms with Crippen LogP contribution in [0.5, 0.6) is 11.5 Å². The van der Waals surface area contributed by atoms with Crippen LogP contribution in [0.4, 0.5) is 11.4 Å². The van der Waals surface area contributed by atoms with Crippen LogP contribution < -0.4 is 15.4 Å². The predicted molar refractivity (Wildman–Crippen MR) is 142 cm³/mol. The van der Waals surface area contributed by atoms with Crippen molar-refractivity contribution < 1.29 is 9.53 Å². The zero-order valence-electron chi connectivity index (χ0n) is 20.0. The van der Waals surface area contributed by atoms with Gasteiger partial charge in [0.05, 0.1) is 28.5 Å². The molecule has 1 amide bonds. The number of primary amides is 1. The molecule has 178 valence electrons. The van der Waals surface area contributed by atoms with E-state index in [1.807, 2.05) is 53.4 Å². The van der Waals surface area contributed by atoms with E-state index in [9.17, 15) is 4.79 Å². The molecule has 0 atom stereocenters. The molecule has 4 rings (SSSR count). The number of pyridine rings is 1. The fraction of sp³-hybridized carbons (Fsp3) is 0.172. The van der Waals surface area contributed by atoms with Gasteiger partial charge in [0.15, 0.2) is 0 Å². The van der Waals surface area contributed by atoms with Gasteiger partial charge in [-0.2, -0.15) is 0 Å². The first-order valence-electron chi connectivity index (χ1n) is 11.4. The number of hydrogen-bond acceptors (Lipinski definition) is 4. The average molecular weight is 486 g/mol. The summed E-state index contributed by atoms with van der Waals surface area (Å²) >= 11 is 6.46. The number of halogens is 1. The predicted octanol–water partition coefficient (Wildman–Crippen LogP) is 7.26. The molecule has 2 N–H and O–H groups in total. The van der Waals surface area contributed by atoms with Gasteiger partial charge in [0, 0.05) is 18.0 Å². The topological polar surface area (TPSA) is 68.5 Å². The Morgan fingerprint density at radius 3 is 2.29 bits per heavy atom. The van der Waals surface area contributed by atoms with Gasteiger partial charge in [0.2, 0.25) is 0 Å². The lowest BCUT2D eigenvalue weighted by molar-refractivity contribution is 0.100. The molecular formula is C29H28ClN3O2. The van der Waals surface area contributed by atoms with Crippen LogP contribution in [0.3, 0.4) is 0 Å². The molecule has 0 saturated heterocycles. The van der Waals surface area contributed by atoms with E-state index in [1.54, 1.807) is 30.5 Å². The number of aromatic nitrogens is 1. The number of nitrogens with zero attached hydrogens (tertiary/aromatic N) is 2. The molecule has 0 aliphatic heterocycles. The molecule has 1 aromatic heterocycles. The second-order valence-corrected chi connectivity index (χ2v) is 9.68. The third-order valence-corrected chi connectivity index (χ3v) is 6.04. The van der Waals surface area contributed by atoms with Crippen LogP contribution in [0.1, 0.15) is 42.4 Å². The monoisotopic (exact) mass is 485 g/mol. The fourth-order valence-electron chi connectivity index (χ4n) is 3.77. The first kappa shape index (κ1) is 24.3. The second-order valence-electron chi connectivity index (χ2n) is 9.27. The minimum Gasteiger partial charge on any atom is -0.457 e. The zero-order chi connectivity index (χ0) is 25.0. The maximum Gasteiger partial charge on any atom is 0.250 e. The highest BCUT2D eigenvalue weighted by atomic mass is 35.5. The molecule has 1 heterocycles. The molecule has 0 spiro atoms. The van der Waals surface area contributed by atoms with Crippen molar-refractivity contribution in [3.05, 3.63) is 113 Å². The molecule has 0 bridgehead atoms. The van der Waals surface area contributed by atoms with Gasteiger partial charge in [-0.15, -0.1) is 0 Å². The quantitative estimate of drug-likeness (QED) is 0.299. The lowest BCUT2D eigenvalue weighted by atomic mass is 9.87. The van der Waals surface area contributed by atoms with Gasteiger partial charge in [-0.05, 0) is 59.5 Å². The first-order chi connectivity index (χ1) is 16.7. The molecule has 5 nitrogen and oxygen atoms in total. The number of carbonyl (C=O) groups excluding carboxylic acids is 1. The Kier molecular flexibility index (Phi) is 7.08. The van der Waals surface area contributed by atoms with Crippen molar-refractivity contribution in [3.8, 4) is 11.5 Å². The van der Waals surface area contributed by atoms with Gasteiger partial charge in [-0.3, -0.25) is 9.78 Å². The normalized spacial score (nSPS) is 11.2. The lowest BCUT2D eigenvalue weighted by Crippen LogP contribution is -2.23. The van der Waals surface area contributed by atoms with Gasteiger partial charge < -0.3 is 15.4 Å². The van der Waals surface area contributed by atoms with E-state index >= 15 is 0 Å². The molecule has 3 aromatic carbocycles. The van der Waals surface area contributed by atoms with E-state index in [4.69, 9.17) is 22.1 Å². The van der Waals surface area contributed by atoms with Crippen LogP contribution in [0.15, 0.2) is 91.1 Å². The van der Waals surface area contributed by atoms with Crippen molar-refractivity contribution in [3.63, 3.8) is 0 Å². The van der Waals surface area contributed by atoms with E-state index < -0.39 is 5.91 Å². The Bertz CT molecular complexity index is 1320. The molecule has 0 unspecified atom stereocenters. The molecule has 0 aliphatic carbocycles. The minimum atomic E-state index is -0.533. The smallest absolute Gasteiger partial charge is 0.250 e. The van der Waals surface area contributed by atoms with Crippen molar-refractivity contribution in [2.75, 3.05) is 4.90 Å². The van der Waals surface area contributed by atoms with Crippen molar-refractivity contribution in [2.45, 2.75) is 32.7 Å². The molecule has 0 radical (unpaired) electrons. The SMILES string of the molecule is CC(C)(C)c1ccc(N(Cc2ncccc2Cl)c2cc(Oc3ccccc3)ccc2C(N)=O)cc1. The summed E-state index contributed by atoms with van der Waals surface area (Å²) in [6.07, 6.45) is 1.70. The standard InChI is InChI=1S/C29H28ClN3O2/c1-29(2,3)20-11-13-21(14-12-20)33(19-26-25(30)10-7-17-32-26)27-18-23(15-16-24(27)28(31)34)35-22-8-5-4-6-9-22/h4-18H,19H2,1-3H3,(H2,31,34). The summed E-state index contributed by atoms with van der Waals surface area (Å²) in [4.78, 5) is 18.9. The Morgan fingerprint density at radius 2 is 1.66 bits per heavy atom. The molecule has 35 heavy (non-hydrogen) atoms. The van der Waals surface area contributed by atoms with Crippen molar-refractivity contribution in [1.82, 2.24) is 4.98 Å². The van der Waals surface area contributed by atoms with Crippen molar-refractivity contribution >= 4 is 28.9 Å². The van der Waals surface area contributed by atoms with Gasteiger partial charge in [-0.25, -0.2) is 0 Å². The van der Waals surface area contributed by atoms with Crippen LogP contribution in [0.25, 0.3) is 0 Å². The highest BCUT2D eigenvalue weighted by Gasteiger charge is 2.21. The number of rotatable bonds is 7. The number of carbonyl (C=O) groups is 1. The van der Waals surface area contributed by atoms with Crippen LogP contribution in [0, 0.1) is 0 Å². The highest BCUT2D eigenvalue weighted by Crippen LogP contribution is 2.36. The Balaban J connectivity index is 1.83. The molecule has 6 heteroatoms. The molecule has 0 fully saturated rings. The largest absolute Gasteiger partial charge is 0.457 e. The van der Waals surface area contributed by atoms with Crippen molar-refractivity contribution in [1.29, 1.82) is 0 Å². The molecular weight excluding hydrogens is 458 g/mol. The van der Waals surface area contributed by atoms with E-state index in [0.717, 1.165) is 5.69 Å². The number of anilines is 2. The zero-order valence-corrected chi connectivity index (χ0v) is 20.8. The summed E-state index contributed by atoms with van der Waals surface area (Å²) in [7, 11) is 0. The number of nitrogens with two attached hydrogens (primary N) is 1. The highest BCUT2D eigenvalue weighted by molar-refractivity contribution is 6.31. The number of para-hydroxylation sites is 1. The summed E-state index contributed by atoms with van der Waals surface area (Å²) in [5, 5.41) is 0.543. The van der Waals surface area contributed by atoms with E-state index in [-0.39, 0.29) is 5.41 Å². The fourth-order valence-corrected chi connectivity index (χ4v) is 3.95. The third kappa shape index (κ3) is 5.81. The second kappa shape index (κ2) is 10.2. The third-order valence-electron chi connectivity index (χ3n) is 5.69. The van der Waals surface area contributed by atoms with Gasteiger partial charge in [-0.1, -0.05) is 62.7 Å². The summed E-state index contributed by atoms with van der Waals surface area (Å²) < 4.78 is 6.06. The van der Waals surface area contributed by atoms with Crippen LogP contribution in [0.2, 0.25) is 5.02 Å². The minimum absolute atomic E-state index is 0.00940. The summed E-state index contributed by atoms with van der Waals surface area (Å²) in [6.45, 7) is 6.85. The summed E-state index contributed by atoms with van der Waals surface area (Å²) in [5.74, 6) is 0.744. The van der Waals surface area contributed by atoms with Crippen molar-refractivity contribution in [2.24, 2.45) is 5.73 Å². The lowest BCUT2D eigenvalue weighted by Gasteiger charge is -2.28. The Morgan fingerprint density at radius 1 is 0.943 bits per heavy atom. The molecule has 0 aliphatic rings. The van der Waals surface area contributed by atoms with Gasteiger partial charge in [0.1, 0.15) is 11.5 Å². The molecule has 0 saturated carbocycles. The number of ether oxygens (including phenoxy) is 1. The number of hydrogen-bond donors (Lipinski definition) is 1. The maximum absolute atomic E-state index is 12.4. The number of amides is 1. The Hall–Kier alpha value is -3.83. The number of benzene rings is 3. The first-order valence-corrected chi connectivity index (χ1v) is 11.7. The van der Waals surface area contributed by atoms with E-state index in [0.29, 0.717) is 40.0 Å². The maximum atomic E-state index is 12.4. The van der Waals surface area contributed by atoms with Crippen LogP contribution >= 0.6 is 11.6 Å². The van der Waals surface area contributed by atoms with Gasteiger partial charge >= 0.3 is 0 Å². The molecule has 4 aromatic rings. The van der Waals surface area contributed by atoms with Crippen LogP contribution in [-0.2, 0) is 12.0 Å².